The largest absolute Gasteiger partial charge is 0.367 e. The molecule has 4 heteroatoms. The minimum Gasteiger partial charge on any atom is -0.367 e. The third-order valence-electron chi connectivity index (χ3n) is 8.17. The molecule has 3 aliphatic heterocycles. The van der Waals surface area contributed by atoms with Gasteiger partial charge in [0.2, 0.25) is 0 Å². The summed E-state index contributed by atoms with van der Waals surface area (Å²) in [6, 6.07) is 27.7. The summed E-state index contributed by atoms with van der Waals surface area (Å²) in [7, 11) is 0. The van der Waals surface area contributed by atoms with Crippen molar-refractivity contribution in [1.29, 1.82) is 0 Å². The molecule has 0 aliphatic carbocycles. The SMILES string of the molecule is CC1=NN(c2ccc(C)cc2)C(=O)C12Cc1ccccc1N1CCC(Cc3ccccc3)CC12. The van der Waals surface area contributed by atoms with Crippen molar-refractivity contribution >= 4 is 23.0 Å². The van der Waals surface area contributed by atoms with E-state index in [1.54, 1.807) is 5.01 Å². The van der Waals surface area contributed by atoms with Gasteiger partial charge in [0, 0.05) is 18.3 Å². The lowest BCUT2D eigenvalue weighted by Gasteiger charge is -2.52. The monoisotopic (exact) mass is 449 g/mol. The molecule has 0 radical (unpaired) electrons. The Labute approximate surface area is 201 Å². The highest BCUT2D eigenvalue weighted by Gasteiger charge is 2.59. The maximum absolute atomic E-state index is 14.3. The predicted molar refractivity (Wildman–Crippen MR) is 138 cm³/mol. The van der Waals surface area contributed by atoms with Gasteiger partial charge in [-0.05, 0) is 74.8 Å². The number of para-hydroxylation sites is 1. The summed E-state index contributed by atoms with van der Waals surface area (Å²) < 4.78 is 0. The van der Waals surface area contributed by atoms with Crippen molar-refractivity contribution in [3.8, 4) is 0 Å². The second kappa shape index (κ2) is 8.12. The first-order valence-corrected chi connectivity index (χ1v) is 12.4. The van der Waals surface area contributed by atoms with Gasteiger partial charge in [-0.2, -0.15) is 10.1 Å². The number of carbonyl (C=O) groups is 1. The Bertz CT molecular complexity index is 1250. The average molecular weight is 450 g/mol. The molecule has 172 valence electrons. The maximum Gasteiger partial charge on any atom is 0.261 e. The summed E-state index contributed by atoms with van der Waals surface area (Å²) in [4.78, 5) is 16.8. The van der Waals surface area contributed by atoms with Crippen molar-refractivity contribution in [2.45, 2.75) is 45.6 Å². The van der Waals surface area contributed by atoms with Gasteiger partial charge in [0.15, 0.2) is 0 Å². The maximum atomic E-state index is 14.3. The number of rotatable bonds is 3. The highest BCUT2D eigenvalue weighted by molar-refractivity contribution is 6.20. The van der Waals surface area contributed by atoms with Gasteiger partial charge < -0.3 is 4.90 Å². The Balaban J connectivity index is 1.39. The molecule has 3 aromatic rings. The zero-order valence-electron chi connectivity index (χ0n) is 19.9. The molecular formula is C30H31N3O. The second-order valence-electron chi connectivity index (χ2n) is 10.2. The van der Waals surface area contributed by atoms with Crippen LogP contribution in [0.1, 0.15) is 36.5 Å². The topological polar surface area (TPSA) is 35.9 Å². The van der Waals surface area contributed by atoms with E-state index in [0.717, 1.165) is 43.6 Å². The third kappa shape index (κ3) is 3.27. The van der Waals surface area contributed by atoms with Crippen molar-refractivity contribution in [2.24, 2.45) is 16.4 Å². The number of piperidine rings is 1. The van der Waals surface area contributed by atoms with Crippen LogP contribution in [0.5, 0.6) is 0 Å². The molecular weight excluding hydrogens is 418 g/mol. The second-order valence-corrected chi connectivity index (χ2v) is 10.2. The molecule has 1 amide bonds. The normalized spacial score (nSPS) is 25.8. The number of hydrogen-bond donors (Lipinski definition) is 0. The van der Waals surface area contributed by atoms with Crippen molar-refractivity contribution in [1.82, 2.24) is 0 Å². The van der Waals surface area contributed by atoms with Gasteiger partial charge in [0.1, 0.15) is 5.41 Å². The Morgan fingerprint density at radius 3 is 2.47 bits per heavy atom. The van der Waals surface area contributed by atoms with Crippen LogP contribution >= 0.6 is 0 Å². The van der Waals surface area contributed by atoms with Gasteiger partial charge in [-0.15, -0.1) is 0 Å². The molecule has 1 fully saturated rings. The lowest BCUT2D eigenvalue weighted by Crippen LogP contribution is -2.62. The van der Waals surface area contributed by atoms with Gasteiger partial charge in [-0.1, -0.05) is 66.2 Å². The molecule has 1 saturated heterocycles. The van der Waals surface area contributed by atoms with Crippen LogP contribution in [0.4, 0.5) is 11.4 Å². The molecule has 3 aromatic carbocycles. The fraction of sp³-hybridized carbons (Fsp3) is 0.333. The molecule has 34 heavy (non-hydrogen) atoms. The minimum absolute atomic E-state index is 0.122. The van der Waals surface area contributed by atoms with Crippen LogP contribution in [-0.4, -0.2) is 24.2 Å². The van der Waals surface area contributed by atoms with Crippen LogP contribution in [0.25, 0.3) is 0 Å². The summed E-state index contributed by atoms with van der Waals surface area (Å²) in [5.74, 6) is 0.679. The van der Waals surface area contributed by atoms with E-state index in [2.05, 4.69) is 85.5 Å². The third-order valence-corrected chi connectivity index (χ3v) is 8.17. The number of benzene rings is 3. The van der Waals surface area contributed by atoms with Gasteiger partial charge in [-0.3, -0.25) is 4.79 Å². The predicted octanol–water partition coefficient (Wildman–Crippen LogP) is 5.79. The smallest absolute Gasteiger partial charge is 0.261 e. The zero-order valence-corrected chi connectivity index (χ0v) is 19.9. The molecule has 0 aromatic heterocycles. The quantitative estimate of drug-likeness (QED) is 0.508. The number of hydrogen-bond acceptors (Lipinski definition) is 3. The Hall–Kier alpha value is -3.40. The molecule has 0 saturated carbocycles. The van der Waals surface area contributed by atoms with Gasteiger partial charge in [-0.25, -0.2) is 0 Å². The first-order valence-electron chi connectivity index (χ1n) is 12.4. The Morgan fingerprint density at radius 2 is 1.68 bits per heavy atom. The number of nitrogens with zero attached hydrogens (tertiary/aromatic N) is 3. The standard InChI is InChI=1S/C30H31N3O/c1-21-12-14-26(15-13-21)33-29(34)30(22(2)31-33)20-25-10-6-7-11-27(25)32-17-16-24(19-28(30)32)18-23-8-4-3-5-9-23/h3-15,24,28H,16-20H2,1-2H3. The van der Waals surface area contributed by atoms with Crippen molar-refractivity contribution in [3.63, 3.8) is 0 Å². The van der Waals surface area contributed by atoms with Gasteiger partial charge >= 0.3 is 0 Å². The molecule has 1 spiro atoms. The zero-order chi connectivity index (χ0) is 23.3. The van der Waals surface area contributed by atoms with Crippen LogP contribution in [0.3, 0.4) is 0 Å². The molecule has 4 nitrogen and oxygen atoms in total. The summed E-state index contributed by atoms with van der Waals surface area (Å²) in [5.41, 5.74) is 6.31. The van der Waals surface area contributed by atoms with Crippen LogP contribution < -0.4 is 9.91 Å². The lowest BCUT2D eigenvalue weighted by molar-refractivity contribution is -0.125. The van der Waals surface area contributed by atoms with E-state index >= 15 is 0 Å². The fourth-order valence-electron chi connectivity index (χ4n) is 6.36. The summed E-state index contributed by atoms with van der Waals surface area (Å²) in [5, 5.41) is 6.56. The van der Waals surface area contributed by atoms with E-state index < -0.39 is 5.41 Å². The Kier molecular flexibility index (Phi) is 5.05. The summed E-state index contributed by atoms with van der Waals surface area (Å²) >= 11 is 0. The molecule has 3 aliphatic rings. The van der Waals surface area contributed by atoms with Gasteiger partial charge in [0.05, 0.1) is 11.4 Å². The fourth-order valence-corrected chi connectivity index (χ4v) is 6.36. The number of fused-ring (bicyclic) bond motifs is 4. The van der Waals surface area contributed by atoms with Crippen molar-refractivity contribution in [2.75, 3.05) is 16.5 Å². The first-order chi connectivity index (χ1) is 16.6. The van der Waals surface area contributed by atoms with Crippen LogP contribution in [-0.2, 0) is 17.6 Å². The van der Waals surface area contributed by atoms with Crippen LogP contribution in [0.15, 0.2) is 84.0 Å². The number of anilines is 2. The average Bonchev–Trinajstić information content (AvgIpc) is 3.11. The summed E-state index contributed by atoms with van der Waals surface area (Å²) in [6.45, 7) is 5.11. The van der Waals surface area contributed by atoms with E-state index in [1.807, 2.05) is 12.1 Å². The lowest BCUT2D eigenvalue weighted by atomic mass is 9.64. The van der Waals surface area contributed by atoms with E-state index in [4.69, 9.17) is 5.10 Å². The molecule has 3 atom stereocenters. The van der Waals surface area contributed by atoms with Gasteiger partial charge in [0.25, 0.3) is 5.91 Å². The number of aryl methyl sites for hydroxylation is 1. The highest BCUT2D eigenvalue weighted by Crippen LogP contribution is 2.50. The number of amides is 1. The van der Waals surface area contributed by atoms with Crippen molar-refractivity contribution < 1.29 is 4.79 Å². The molecule has 0 bridgehead atoms. The first kappa shape index (κ1) is 21.2. The number of hydrazone groups is 1. The van der Waals surface area contributed by atoms with Crippen LogP contribution in [0, 0.1) is 18.3 Å². The van der Waals surface area contributed by atoms with Crippen molar-refractivity contribution in [3.05, 3.63) is 95.6 Å². The summed E-state index contributed by atoms with van der Waals surface area (Å²) in [6.07, 6.45) is 3.93. The van der Waals surface area contributed by atoms with E-state index in [0.29, 0.717) is 5.92 Å². The van der Waals surface area contributed by atoms with E-state index in [9.17, 15) is 4.79 Å². The molecule has 3 unspecified atom stereocenters. The van der Waals surface area contributed by atoms with E-state index in [-0.39, 0.29) is 11.9 Å². The Morgan fingerprint density at radius 1 is 0.941 bits per heavy atom. The molecule has 6 rings (SSSR count). The molecule has 3 heterocycles. The number of carbonyl (C=O) groups excluding carboxylic acids is 1. The highest BCUT2D eigenvalue weighted by atomic mass is 16.2. The van der Waals surface area contributed by atoms with Crippen LogP contribution in [0.2, 0.25) is 0 Å². The molecule has 0 N–H and O–H groups in total. The minimum atomic E-state index is -0.616. The van der Waals surface area contributed by atoms with E-state index in [1.165, 1.54) is 22.4 Å².